The summed E-state index contributed by atoms with van der Waals surface area (Å²) in [6, 6.07) is 8.77. The van der Waals surface area contributed by atoms with Crippen LogP contribution in [0.3, 0.4) is 0 Å². The molecule has 16 heteroatoms. The summed E-state index contributed by atoms with van der Waals surface area (Å²) in [4.78, 5) is 63.2. The van der Waals surface area contributed by atoms with E-state index < -0.39 is 65.1 Å². The third kappa shape index (κ3) is 8.76. The summed E-state index contributed by atoms with van der Waals surface area (Å²) in [6.07, 6.45) is 0.0247. The minimum atomic E-state index is -1.81. The van der Waals surface area contributed by atoms with Crippen molar-refractivity contribution in [1.82, 2.24) is 20.5 Å². The standard InChI is InChI=1S/C37H44ClN7O8/c1-18(2)23-16-41-24-10-8-7-9-21(24)27(23)22-15-20(11-12-26(22)53-6)32(47)44-30(28(38)25(46)17-42-36(39)40)34(49)45-14-13-37(5,52)31(45)33(48)43-29(19(3)4)35(50)51/h7-12,15-16,25,28,30-31,46,52H,1,13-14,17H2,2-6H3,(H,43,48)(H,44,47)(H,50,51)(H4,39,40,42)/t25?,28?,30?,31-,37?/m1/s1. The van der Waals surface area contributed by atoms with Crippen LogP contribution < -0.4 is 26.8 Å². The van der Waals surface area contributed by atoms with Gasteiger partial charge in [0.25, 0.3) is 5.91 Å². The van der Waals surface area contributed by atoms with Gasteiger partial charge in [-0.15, -0.1) is 11.6 Å². The van der Waals surface area contributed by atoms with Gasteiger partial charge >= 0.3 is 5.97 Å². The molecule has 15 nitrogen and oxygen atoms in total. The second-order valence-corrected chi connectivity index (χ2v) is 13.7. The third-order valence-corrected chi connectivity index (χ3v) is 9.46. The number of nitrogens with one attached hydrogen (secondary N) is 2. The number of halogens is 1. The highest BCUT2D eigenvalue weighted by atomic mass is 35.5. The first-order valence-corrected chi connectivity index (χ1v) is 17.0. The quantitative estimate of drug-likeness (QED) is 0.0578. The first-order chi connectivity index (χ1) is 24.9. The Labute approximate surface area is 311 Å². The molecule has 3 amide bonds. The van der Waals surface area contributed by atoms with Gasteiger partial charge in [0.2, 0.25) is 11.8 Å². The van der Waals surface area contributed by atoms with E-state index >= 15 is 0 Å². The van der Waals surface area contributed by atoms with Crippen molar-refractivity contribution in [2.24, 2.45) is 16.5 Å². The second kappa shape index (κ2) is 16.4. The fourth-order valence-corrected chi connectivity index (χ4v) is 6.45. The average Bonchev–Trinajstić information content (AvgIpc) is 3.44. The number of aliphatic hydroxyl groups is 2. The van der Waals surface area contributed by atoms with Crippen molar-refractivity contribution in [1.29, 1.82) is 0 Å². The van der Waals surface area contributed by atoms with Gasteiger partial charge in [-0.25, -0.2) is 4.79 Å². The van der Waals surface area contributed by atoms with Crippen LogP contribution in [-0.4, -0.2) is 104 Å². The van der Waals surface area contributed by atoms with Crippen LogP contribution in [-0.2, 0) is 14.4 Å². The molecule has 5 atom stereocenters. The Hall–Kier alpha value is -5.51. The molecule has 1 aliphatic heterocycles. The highest BCUT2D eigenvalue weighted by molar-refractivity contribution is 6.23. The molecule has 4 unspecified atom stereocenters. The largest absolute Gasteiger partial charge is 0.496 e. The van der Waals surface area contributed by atoms with E-state index in [-0.39, 0.29) is 30.1 Å². The molecule has 9 N–H and O–H groups in total. The third-order valence-electron chi connectivity index (χ3n) is 8.92. The molecule has 0 saturated carbocycles. The average molecular weight is 750 g/mol. The Morgan fingerprint density at radius 1 is 1.17 bits per heavy atom. The smallest absolute Gasteiger partial charge is 0.352 e. The van der Waals surface area contributed by atoms with Gasteiger partial charge in [-0.05, 0) is 69.5 Å². The van der Waals surface area contributed by atoms with E-state index in [9.17, 15) is 34.5 Å². The van der Waals surface area contributed by atoms with Crippen LogP contribution in [0.25, 0.3) is 27.6 Å². The first kappa shape index (κ1) is 40.3. The Kier molecular flexibility index (Phi) is 12.5. The lowest BCUT2D eigenvalue weighted by molar-refractivity contribution is -0.145. The molecule has 0 aliphatic carbocycles. The van der Waals surface area contributed by atoms with Crippen LogP contribution in [0.5, 0.6) is 5.75 Å². The van der Waals surface area contributed by atoms with E-state index in [1.54, 1.807) is 18.3 Å². The summed E-state index contributed by atoms with van der Waals surface area (Å²) in [7, 11) is 1.49. The number of nitrogens with zero attached hydrogens (tertiary/aromatic N) is 3. The molecule has 3 aromatic rings. The predicted molar refractivity (Wildman–Crippen MR) is 201 cm³/mol. The van der Waals surface area contributed by atoms with Crippen LogP contribution in [0, 0.1) is 0 Å². The molecule has 1 fully saturated rings. The van der Waals surface area contributed by atoms with E-state index in [1.807, 2.05) is 31.2 Å². The number of para-hydroxylation sites is 1. The van der Waals surface area contributed by atoms with Crippen LogP contribution in [0.2, 0.25) is 0 Å². The second-order valence-electron chi connectivity index (χ2n) is 13.2. The zero-order valence-electron chi connectivity index (χ0n) is 30.0. The molecule has 0 spiro atoms. The fourth-order valence-electron chi connectivity index (χ4n) is 6.20. The van der Waals surface area contributed by atoms with Crippen molar-refractivity contribution in [3.63, 3.8) is 0 Å². The van der Waals surface area contributed by atoms with Gasteiger partial charge in [0.05, 0.1) is 36.3 Å². The van der Waals surface area contributed by atoms with Gasteiger partial charge in [-0.1, -0.05) is 24.8 Å². The number of allylic oxidation sites excluding steroid dienone is 2. The maximum absolute atomic E-state index is 14.4. The van der Waals surface area contributed by atoms with Crippen molar-refractivity contribution in [2.75, 3.05) is 20.2 Å². The van der Waals surface area contributed by atoms with E-state index in [1.165, 1.54) is 33.9 Å². The monoisotopic (exact) mass is 749 g/mol. The number of nitrogens with two attached hydrogens (primary N) is 2. The summed E-state index contributed by atoms with van der Waals surface area (Å²) in [5, 5.41) is 36.0. The van der Waals surface area contributed by atoms with Crippen LogP contribution in [0.1, 0.15) is 50.0 Å². The van der Waals surface area contributed by atoms with E-state index in [0.29, 0.717) is 33.5 Å². The Morgan fingerprint density at radius 2 is 1.85 bits per heavy atom. The maximum Gasteiger partial charge on any atom is 0.352 e. The number of hydrogen-bond acceptors (Lipinski definition) is 9. The number of amides is 3. The molecule has 0 bridgehead atoms. The number of carboxylic acid groups (broad SMARTS) is 1. The molecule has 1 aliphatic rings. The number of guanidine groups is 1. The molecule has 4 rings (SSSR count). The van der Waals surface area contributed by atoms with E-state index in [2.05, 4.69) is 27.2 Å². The molecule has 2 heterocycles. The zero-order chi connectivity index (χ0) is 39.4. The number of aliphatic hydroxyl groups excluding tert-OH is 1. The van der Waals surface area contributed by atoms with Crippen LogP contribution in [0.4, 0.5) is 0 Å². The van der Waals surface area contributed by atoms with Crippen LogP contribution >= 0.6 is 11.6 Å². The molecule has 1 saturated heterocycles. The SMILES string of the molecule is C=C(C)c1cnc2ccccc2c1-c1cc(C(=O)NC(C(=O)N2CCC(C)(O)[C@H]2C(=O)NC(C(=O)O)=C(C)C)C(Cl)C(O)CN=C(N)N)ccc1OC. The number of likely N-dealkylation sites (tertiary alicyclic amines) is 1. The number of hydrogen-bond donors (Lipinski definition) is 7. The summed E-state index contributed by atoms with van der Waals surface area (Å²) in [5.74, 6) is -4.05. The lowest BCUT2D eigenvalue weighted by Gasteiger charge is -2.34. The number of aromatic nitrogens is 1. The minimum absolute atomic E-state index is 0.0760. The summed E-state index contributed by atoms with van der Waals surface area (Å²) < 4.78 is 5.70. The number of alkyl halides is 1. The number of carbonyl (C=O) groups excluding carboxylic acids is 3. The van der Waals surface area contributed by atoms with Crippen molar-refractivity contribution in [3.05, 3.63) is 77.6 Å². The summed E-state index contributed by atoms with van der Waals surface area (Å²) >= 11 is 6.70. The highest BCUT2D eigenvalue weighted by Crippen LogP contribution is 2.40. The Morgan fingerprint density at radius 3 is 2.45 bits per heavy atom. The number of carbonyl (C=O) groups is 4. The number of carboxylic acids is 1. The molecular formula is C37H44ClN7O8. The van der Waals surface area contributed by atoms with Gasteiger partial charge in [-0.2, -0.15) is 0 Å². The summed E-state index contributed by atoms with van der Waals surface area (Å²) in [6.45, 7) is 9.60. The normalized spacial score (nSPS) is 18.3. The molecule has 2 aromatic carbocycles. The van der Waals surface area contributed by atoms with Crippen LogP contribution in [0.15, 0.2) is 71.5 Å². The van der Waals surface area contributed by atoms with Gasteiger partial charge in [-0.3, -0.25) is 24.4 Å². The molecule has 0 radical (unpaired) electrons. The Balaban J connectivity index is 1.79. The van der Waals surface area contributed by atoms with Gasteiger partial charge in [0.15, 0.2) is 5.96 Å². The minimum Gasteiger partial charge on any atom is -0.496 e. The molecule has 1 aromatic heterocycles. The molecule has 282 valence electrons. The lowest BCUT2D eigenvalue weighted by atomic mass is 9.91. The predicted octanol–water partition coefficient (Wildman–Crippen LogP) is 2.13. The van der Waals surface area contributed by atoms with Crippen molar-refractivity contribution < 1.29 is 39.2 Å². The van der Waals surface area contributed by atoms with Crippen molar-refractivity contribution >= 4 is 57.7 Å². The number of benzene rings is 2. The van der Waals surface area contributed by atoms with Gasteiger partial charge in [0, 0.05) is 40.4 Å². The van der Waals surface area contributed by atoms with Gasteiger partial charge in [0.1, 0.15) is 23.5 Å². The van der Waals surface area contributed by atoms with E-state index in [0.717, 1.165) is 10.3 Å². The van der Waals surface area contributed by atoms with Gasteiger partial charge < -0.3 is 47.1 Å². The number of ether oxygens (including phenoxy) is 1. The molecule has 53 heavy (non-hydrogen) atoms. The van der Waals surface area contributed by atoms with Crippen molar-refractivity contribution in [2.45, 2.75) is 63.3 Å². The Bertz CT molecular complexity index is 2010. The number of aliphatic carboxylic acids is 1. The lowest BCUT2D eigenvalue weighted by Crippen LogP contribution is -2.61. The van der Waals surface area contributed by atoms with Crippen molar-refractivity contribution in [3.8, 4) is 16.9 Å². The fraction of sp³-hybridized carbons (Fsp3) is 0.351. The molecular weight excluding hydrogens is 706 g/mol. The zero-order valence-corrected chi connectivity index (χ0v) is 30.8. The maximum atomic E-state index is 14.4. The summed E-state index contributed by atoms with van der Waals surface area (Å²) in [5.41, 5.74) is 12.3. The number of rotatable bonds is 13. The number of methoxy groups -OCH3 is 1. The topological polar surface area (TPSA) is 243 Å². The highest BCUT2D eigenvalue weighted by Gasteiger charge is 2.52. The van der Waals surface area contributed by atoms with E-state index in [4.69, 9.17) is 27.8 Å². The number of fused-ring (bicyclic) bond motifs is 1. The number of pyridine rings is 1. The number of aliphatic imine (C=N–C) groups is 1. The first-order valence-electron chi connectivity index (χ1n) is 16.5.